The number of hydrogen-bond donors (Lipinski definition) is 1. The van der Waals surface area contributed by atoms with Crippen LogP contribution < -0.4 is 5.32 Å². The number of nitrogens with zero attached hydrogens (tertiary/aromatic N) is 1. The van der Waals surface area contributed by atoms with E-state index in [-0.39, 0.29) is 5.91 Å². The molecule has 0 atom stereocenters. The van der Waals surface area contributed by atoms with E-state index in [1.807, 2.05) is 11.8 Å². The van der Waals surface area contributed by atoms with Crippen molar-refractivity contribution in [2.24, 2.45) is 0 Å². The smallest absolute Gasteiger partial charge is 0.236 e. The summed E-state index contributed by atoms with van der Waals surface area (Å²) in [5.41, 5.74) is 0. The predicted octanol–water partition coefficient (Wildman–Crippen LogP) is 2.02. The van der Waals surface area contributed by atoms with Gasteiger partial charge in [0.2, 0.25) is 5.91 Å². The van der Waals surface area contributed by atoms with Crippen molar-refractivity contribution in [2.45, 2.75) is 46.5 Å². The highest BCUT2D eigenvalue weighted by molar-refractivity contribution is 5.78. The van der Waals surface area contributed by atoms with Crippen LogP contribution in [-0.2, 0) is 4.79 Å². The maximum absolute atomic E-state index is 11.8. The van der Waals surface area contributed by atoms with Crippen LogP contribution in [-0.4, -0.2) is 37.0 Å². The van der Waals surface area contributed by atoms with Crippen molar-refractivity contribution < 1.29 is 4.79 Å². The zero-order valence-corrected chi connectivity index (χ0v) is 10.5. The third-order valence-corrected chi connectivity index (χ3v) is 2.44. The van der Waals surface area contributed by atoms with Crippen LogP contribution in [0.5, 0.6) is 0 Å². The number of likely N-dealkylation sites (N-methyl/N-ethyl adjacent to an activating group) is 1. The van der Waals surface area contributed by atoms with Crippen LogP contribution in [0.2, 0.25) is 0 Å². The standard InChI is InChI=1S/C12H26N2O/c1-4-7-9-14(10-8-5-2)12(15)11-13-6-3/h13H,4-11H2,1-3H3. The molecule has 0 aliphatic rings. The Hall–Kier alpha value is -0.570. The summed E-state index contributed by atoms with van der Waals surface area (Å²) in [6, 6.07) is 0. The molecule has 0 aromatic heterocycles. The van der Waals surface area contributed by atoms with Gasteiger partial charge in [0.1, 0.15) is 0 Å². The zero-order chi connectivity index (χ0) is 11.5. The van der Waals surface area contributed by atoms with Gasteiger partial charge in [0.05, 0.1) is 6.54 Å². The van der Waals surface area contributed by atoms with Gasteiger partial charge in [-0.1, -0.05) is 33.6 Å². The molecule has 0 aromatic rings. The fourth-order valence-corrected chi connectivity index (χ4v) is 1.40. The lowest BCUT2D eigenvalue weighted by molar-refractivity contribution is -0.130. The fourth-order valence-electron chi connectivity index (χ4n) is 1.40. The maximum Gasteiger partial charge on any atom is 0.236 e. The molecule has 1 N–H and O–H groups in total. The molecule has 0 unspecified atom stereocenters. The molecule has 0 saturated heterocycles. The summed E-state index contributed by atoms with van der Waals surface area (Å²) in [5.74, 6) is 0.249. The van der Waals surface area contributed by atoms with Crippen molar-refractivity contribution in [3.05, 3.63) is 0 Å². The zero-order valence-electron chi connectivity index (χ0n) is 10.5. The van der Waals surface area contributed by atoms with E-state index in [9.17, 15) is 4.79 Å². The van der Waals surface area contributed by atoms with Gasteiger partial charge in [-0.3, -0.25) is 4.79 Å². The molecule has 0 heterocycles. The Bertz CT molecular complexity index is 152. The predicted molar refractivity (Wildman–Crippen MR) is 64.9 cm³/mol. The first-order valence-electron chi connectivity index (χ1n) is 6.24. The average Bonchev–Trinajstić information content (AvgIpc) is 2.26. The van der Waals surface area contributed by atoms with Crippen molar-refractivity contribution in [1.29, 1.82) is 0 Å². The van der Waals surface area contributed by atoms with Crippen LogP contribution in [0.1, 0.15) is 46.5 Å². The lowest BCUT2D eigenvalue weighted by atomic mass is 10.2. The molecule has 0 saturated carbocycles. The molecular formula is C12H26N2O. The normalized spacial score (nSPS) is 10.3. The number of amides is 1. The molecule has 0 aliphatic carbocycles. The number of carbonyl (C=O) groups is 1. The minimum atomic E-state index is 0.249. The van der Waals surface area contributed by atoms with Gasteiger partial charge < -0.3 is 10.2 Å². The van der Waals surface area contributed by atoms with E-state index in [1.54, 1.807) is 0 Å². The van der Waals surface area contributed by atoms with E-state index >= 15 is 0 Å². The quantitative estimate of drug-likeness (QED) is 0.637. The summed E-state index contributed by atoms with van der Waals surface area (Å²) in [6.45, 7) is 9.53. The van der Waals surface area contributed by atoms with Crippen molar-refractivity contribution in [1.82, 2.24) is 10.2 Å². The van der Waals surface area contributed by atoms with Gasteiger partial charge in [0, 0.05) is 13.1 Å². The Morgan fingerprint density at radius 3 is 2.00 bits per heavy atom. The van der Waals surface area contributed by atoms with E-state index in [2.05, 4.69) is 19.2 Å². The second-order valence-corrected chi connectivity index (χ2v) is 3.87. The second kappa shape index (κ2) is 9.97. The third kappa shape index (κ3) is 7.37. The molecule has 0 aromatic carbocycles. The molecule has 0 bridgehead atoms. The van der Waals surface area contributed by atoms with Gasteiger partial charge in [-0.2, -0.15) is 0 Å². The van der Waals surface area contributed by atoms with E-state index < -0.39 is 0 Å². The summed E-state index contributed by atoms with van der Waals surface area (Å²) in [7, 11) is 0. The van der Waals surface area contributed by atoms with Gasteiger partial charge in [-0.25, -0.2) is 0 Å². The average molecular weight is 214 g/mol. The minimum Gasteiger partial charge on any atom is -0.342 e. The van der Waals surface area contributed by atoms with E-state index in [4.69, 9.17) is 0 Å². The summed E-state index contributed by atoms with van der Waals surface area (Å²) in [5, 5.41) is 3.09. The minimum absolute atomic E-state index is 0.249. The Balaban J connectivity index is 3.90. The number of carbonyl (C=O) groups excluding carboxylic acids is 1. The lowest BCUT2D eigenvalue weighted by Gasteiger charge is -2.22. The summed E-state index contributed by atoms with van der Waals surface area (Å²) >= 11 is 0. The Morgan fingerprint density at radius 2 is 1.60 bits per heavy atom. The van der Waals surface area contributed by atoms with E-state index in [1.165, 1.54) is 0 Å². The summed E-state index contributed by atoms with van der Waals surface area (Å²) in [4.78, 5) is 13.8. The maximum atomic E-state index is 11.8. The molecule has 3 heteroatoms. The van der Waals surface area contributed by atoms with Crippen LogP contribution in [0.3, 0.4) is 0 Å². The van der Waals surface area contributed by atoms with Gasteiger partial charge >= 0.3 is 0 Å². The highest BCUT2D eigenvalue weighted by Crippen LogP contribution is 1.99. The number of unbranched alkanes of at least 4 members (excludes halogenated alkanes) is 2. The van der Waals surface area contributed by atoms with Crippen molar-refractivity contribution in [3.63, 3.8) is 0 Å². The Kier molecular flexibility index (Phi) is 9.59. The van der Waals surface area contributed by atoms with Gasteiger partial charge in [-0.05, 0) is 19.4 Å². The van der Waals surface area contributed by atoms with Gasteiger partial charge in [-0.15, -0.1) is 0 Å². The third-order valence-electron chi connectivity index (χ3n) is 2.44. The van der Waals surface area contributed by atoms with Crippen LogP contribution in [0, 0.1) is 0 Å². The highest BCUT2D eigenvalue weighted by atomic mass is 16.2. The molecule has 0 rings (SSSR count). The molecular weight excluding hydrogens is 188 g/mol. The first-order chi connectivity index (χ1) is 7.26. The Morgan fingerprint density at radius 1 is 1.07 bits per heavy atom. The fraction of sp³-hybridized carbons (Fsp3) is 0.917. The molecule has 0 aliphatic heterocycles. The van der Waals surface area contributed by atoms with Crippen LogP contribution in [0.15, 0.2) is 0 Å². The first-order valence-corrected chi connectivity index (χ1v) is 6.24. The largest absolute Gasteiger partial charge is 0.342 e. The summed E-state index contributed by atoms with van der Waals surface area (Å²) in [6.07, 6.45) is 4.53. The van der Waals surface area contributed by atoms with Crippen molar-refractivity contribution in [3.8, 4) is 0 Å². The SMILES string of the molecule is CCCCN(CCCC)C(=O)CNCC. The molecule has 15 heavy (non-hydrogen) atoms. The second-order valence-electron chi connectivity index (χ2n) is 3.87. The summed E-state index contributed by atoms with van der Waals surface area (Å²) < 4.78 is 0. The van der Waals surface area contributed by atoms with Crippen molar-refractivity contribution in [2.75, 3.05) is 26.2 Å². The van der Waals surface area contributed by atoms with Gasteiger partial charge in [0.15, 0.2) is 0 Å². The molecule has 90 valence electrons. The van der Waals surface area contributed by atoms with E-state index in [0.29, 0.717) is 6.54 Å². The molecule has 3 nitrogen and oxygen atoms in total. The lowest BCUT2D eigenvalue weighted by Crippen LogP contribution is -2.39. The van der Waals surface area contributed by atoms with E-state index in [0.717, 1.165) is 45.3 Å². The van der Waals surface area contributed by atoms with Crippen LogP contribution in [0.4, 0.5) is 0 Å². The Labute approximate surface area is 94.2 Å². The topological polar surface area (TPSA) is 32.3 Å². The number of hydrogen-bond acceptors (Lipinski definition) is 2. The molecule has 1 amide bonds. The highest BCUT2D eigenvalue weighted by Gasteiger charge is 2.10. The van der Waals surface area contributed by atoms with Crippen molar-refractivity contribution >= 4 is 5.91 Å². The van der Waals surface area contributed by atoms with Gasteiger partial charge in [0.25, 0.3) is 0 Å². The van der Waals surface area contributed by atoms with Crippen LogP contribution in [0.25, 0.3) is 0 Å². The first kappa shape index (κ1) is 14.4. The molecule has 0 fully saturated rings. The molecule has 0 radical (unpaired) electrons. The monoisotopic (exact) mass is 214 g/mol. The molecule has 0 spiro atoms. The number of nitrogens with one attached hydrogen (secondary N) is 1. The van der Waals surface area contributed by atoms with Crippen LogP contribution >= 0.6 is 0 Å². The number of rotatable bonds is 9.